The van der Waals surface area contributed by atoms with Crippen molar-refractivity contribution in [1.29, 1.82) is 0 Å². The highest BCUT2D eigenvalue weighted by Gasteiger charge is 2.36. The molecular formula is C59H88N4O12Si. The number of hydrogen-bond donors (Lipinski definition) is 4. The molecule has 2 aliphatic heterocycles. The number of ether oxygens (including phenoxy) is 4. The van der Waals surface area contributed by atoms with Crippen LogP contribution in [0.3, 0.4) is 0 Å². The number of aromatic hydroxyl groups is 1. The zero-order valence-corrected chi connectivity index (χ0v) is 47.1. The summed E-state index contributed by atoms with van der Waals surface area (Å²) in [6, 6.07) is 12.8. The second-order valence-corrected chi connectivity index (χ2v) is 26.4. The number of carbonyl (C=O) groups is 6. The number of hydrogen-bond acceptors (Lipinski definition) is 12. The minimum absolute atomic E-state index is 0.0603. The highest BCUT2D eigenvalue weighted by Crippen LogP contribution is 2.28. The number of esters is 2. The number of aliphatic hydroxyl groups excluding tert-OH is 1. The fraction of sp³-hybridized carbons (Fsp3) is 0.559. The van der Waals surface area contributed by atoms with Crippen molar-refractivity contribution in [3.63, 3.8) is 0 Å². The first-order valence-electron chi connectivity index (χ1n) is 27.4. The number of amides is 4. The van der Waals surface area contributed by atoms with Gasteiger partial charge in [-0.1, -0.05) is 140 Å². The van der Waals surface area contributed by atoms with Gasteiger partial charge in [0, 0.05) is 45.8 Å². The molecule has 0 saturated heterocycles. The van der Waals surface area contributed by atoms with Crippen LogP contribution in [0.15, 0.2) is 97.4 Å². The van der Waals surface area contributed by atoms with E-state index >= 15 is 0 Å². The van der Waals surface area contributed by atoms with E-state index in [-0.39, 0.29) is 54.5 Å². The summed E-state index contributed by atoms with van der Waals surface area (Å²) in [5.74, 6) is -2.58. The van der Waals surface area contributed by atoms with Gasteiger partial charge in [-0.15, -0.1) is 0 Å². The van der Waals surface area contributed by atoms with Gasteiger partial charge in [0.05, 0.1) is 11.1 Å². The third-order valence-corrected chi connectivity index (χ3v) is 14.8. The van der Waals surface area contributed by atoms with Crippen molar-refractivity contribution in [1.82, 2.24) is 9.80 Å². The van der Waals surface area contributed by atoms with Crippen molar-refractivity contribution in [2.75, 3.05) is 13.4 Å². The zero-order valence-electron chi connectivity index (χ0n) is 46.1. The van der Waals surface area contributed by atoms with Crippen LogP contribution >= 0.6 is 0 Å². The molecule has 0 saturated carbocycles. The molecule has 2 heterocycles. The summed E-state index contributed by atoms with van der Waals surface area (Å²) in [5.41, 5.74) is 10.9. The van der Waals surface area contributed by atoms with Crippen LogP contribution in [0.1, 0.15) is 157 Å². The van der Waals surface area contributed by atoms with E-state index in [0.717, 1.165) is 70.3 Å². The van der Waals surface area contributed by atoms with E-state index < -0.39 is 50.0 Å². The Bertz CT molecular complexity index is 2240. The van der Waals surface area contributed by atoms with E-state index in [0.29, 0.717) is 62.9 Å². The van der Waals surface area contributed by atoms with Gasteiger partial charge in [-0.3, -0.25) is 19.2 Å². The maximum Gasteiger partial charge on any atom is 0.329 e. The third-order valence-electron chi connectivity index (χ3n) is 13.1. The number of para-hydroxylation sites is 2. The third kappa shape index (κ3) is 23.9. The van der Waals surface area contributed by atoms with Gasteiger partial charge in [-0.05, 0) is 94.5 Å². The van der Waals surface area contributed by atoms with Gasteiger partial charge in [-0.2, -0.15) is 0 Å². The second-order valence-electron chi connectivity index (χ2n) is 20.8. The van der Waals surface area contributed by atoms with Crippen LogP contribution in [0.4, 0.5) is 0 Å². The molecule has 4 amide bonds. The van der Waals surface area contributed by atoms with E-state index in [1.165, 1.54) is 21.9 Å². The molecule has 2 aliphatic rings. The number of unbranched alkanes of at least 4 members (excludes halogenated alkanes) is 6. The van der Waals surface area contributed by atoms with Gasteiger partial charge in [0.25, 0.3) is 11.8 Å². The first kappa shape index (κ1) is 64.2. The lowest BCUT2D eigenvalue weighted by Gasteiger charge is -2.26. The molecule has 6 atom stereocenters. The molecule has 76 heavy (non-hydrogen) atoms. The number of phenols is 1. The summed E-state index contributed by atoms with van der Waals surface area (Å²) in [5, 5.41) is 19.5. The van der Waals surface area contributed by atoms with Crippen LogP contribution in [0.2, 0.25) is 25.7 Å². The molecule has 420 valence electrons. The average molecular weight is 1070 g/mol. The van der Waals surface area contributed by atoms with Crippen LogP contribution in [-0.2, 0) is 33.4 Å². The smallest absolute Gasteiger partial charge is 0.329 e. The van der Waals surface area contributed by atoms with E-state index in [4.69, 9.17) is 30.4 Å². The Kier molecular flexibility index (Phi) is 29.9. The summed E-state index contributed by atoms with van der Waals surface area (Å²) < 4.78 is 23.3. The SMILES string of the molecule is CCCCCC[C@H](C/C=C/CC[C@@H](C)C(N)=O)OC(=O)[C@@H]1CC=CN1C(=O)c1ccccc1OCOCC[Si](C)(C)C.CCCCCC[C@H](C/C=C/CC[C@@H](O)C(N)=O)OC(=O)[C@@H]1CC=CN1C(=O)c1ccccc1O. The van der Waals surface area contributed by atoms with Crippen molar-refractivity contribution in [2.24, 2.45) is 17.4 Å². The van der Waals surface area contributed by atoms with Crippen molar-refractivity contribution in [3.05, 3.63) is 109 Å². The van der Waals surface area contributed by atoms with Crippen LogP contribution < -0.4 is 16.2 Å². The van der Waals surface area contributed by atoms with Crippen LogP contribution in [-0.4, -0.2) is 107 Å². The number of primary amides is 2. The van der Waals surface area contributed by atoms with Crippen LogP contribution in [0, 0.1) is 5.92 Å². The summed E-state index contributed by atoms with van der Waals surface area (Å²) in [6.45, 7) is 13.7. The lowest BCUT2D eigenvalue weighted by atomic mass is 10.0. The Morgan fingerprint density at radius 2 is 1.17 bits per heavy atom. The number of aliphatic hydroxyl groups is 1. The highest BCUT2D eigenvalue weighted by molar-refractivity contribution is 6.76. The molecule has 2 aromatic carbocycles. The number of nitrogens with zero attached hydrogens (tertiary/aromatic N) is 2. The number of phenolic OH excluding ortho intramolecular Hbond substituents is 1. The first-order valence-corrected chi connectivity index (χ1v) is 31.1. The predicted molar refractivity (Wildman–Crippen MR) is 298 cm³/mol. The minimum atomic E-state index is -1.21. The Hall–Kier alpha value is -6.04. The topological polar surface area (TPSA) is 238 Å². The molecule has 0 bridgehead atoms. The molecule has 0 fully saturated rings. The molecule has 17 heteroatoms. The van der Waals surface area contributed by atoms with Gasteiger partial charge >= 0.3 is 11.9 Å². The van der Waals surface area contributed by atoms with Gasteiger partial charge in [0.15, 0.2) is 6.79 Å². The summed E-state index contributed by atoms with van der Waals surface area (Å²) in [6.07, 6.45) is 26.7. The quantitative estimate of drug-likeness (QED) is 0.0168. The molecule has 0 spiro atoms. The number of carbonyl (C=O) groups excluding carboxylic acids is 6. The number of allylic oxidation sites excluding steroid dienone is 2. The van der Waals surface area contributed by atoms with Crippen molar-refractivity contribution < 1.29 is 57.9 Å². The summed E-state index contributed by atoms with van der Waals surface area (Å²) in [4.78, 5) is 77.8. The molecule has 16 nitrogen and oxygen atoms in total. The second kappa shape index (κ2) is 35.3. The number of rotatable bonds is 34. The summed E-state index contributed by atoms with van der Waals surface area (Å²) >= 11 is 0. The van der Waals surface area contributed by atoms with Crippen molar-refractivity contribution >= 4 is 43.6 Å². The average Bonchev–Trinajstić information content (AvgIpc) is 4.10. The fourth-order valence-corrected chi connectivity index (χ4v) is 9.03. The molecule has 6 N–H and O–H groups in total. The van der Waals surface area contributed by atoms with Gasteiger partial charge in [0.1, 0.15) is 41.9 Å². The summed E-state index contributed by atoms with van der Waals surface area (Å²) in [7, 11) is -1.21. The lowest BCUT2D eigenvalue weighted by molar-refractivity contribution is -0.154. The van der Waals surface area contributed by atoms with E-state index in [9.17, 15) is 39.0 Å². The zero-order chi connectivity index (χ0) is 55.9. The Balaban J connectivity index is 0.000000409. The molecule has 0 aromatic heterocycles. The maximum atomic E-state index is 13.6. The molecular weight excluding hydrogens is 985 g/mol. The Morgan fingerprint density at radius 3 is 1.67 bits per heavy atom. The largest absolute Gasteiger partial charge is 0.507 e. The molecule has 0 radical (unpaired) electrons. The predicted octanol–water partition coefficient (Wildman–Crippen LogP) is 10.4. The number of nitrogens with two attached hydrogens (primary N) is 2. The first-order chi connectivity index (χ1) is 36.4. The van der Waals surface area contributed by atoms with E-state index in [1.807, 2.05) is 43.4 Å². The number of benzene rings is 2. The standard InChI is InChI=1S/C33H52N2O6Si.C26H36N2O6/c1-6-7-8-11-17-27(18-12-9-10-16-26(2)31(34)36)41-33(38)29-20-15-22-35(29)32(37)28-19-13-14-21-30(28)40-25-39-23-24-42(3,4)5;1-2-3-4-6-12-19(13-7-5-8-17-23(30)24(27)31)34-26(33)21-15-11-18-28(21)25(32)20-14-9-10-16-22(20)29/h9,12-15,19,21-22,26-27,29H,6-8,10-11,16-18,20,23-25H2,1-5H3,(H2,34,36);5,7,9-11,14,16,18-19,21,23,29-30H,2-4,6,8,12-13,15,17H2,1H3,(H2,27,31)/b12-9+;7-5+/t26-,27-,29+;19-,21+,23-/m11/s1. The molecule has 4 rings (SSSR count). The Labute approximate surface area is 452 Å². The maximum absolute atomic E-state index is 13.6. The van der Waals surface area contributed by atoms with E-state index in [2.05, 4.69) is 33.5 Å². The fourth-order valence-electron chi connectivity index (χ4n) is 8.27. The van der Waals surface area contributed by atoms with E-state index in [1.54, 1.807) is 48.8 Å². The van der Waals surface area contributed by atoms with Crippen LogP contribution in [0.25, 0.3) is 0 Å². The van der Waals surface area contributed by atoms with Crippen molar-refractivity contribution in [2.45, 2.75) is 192 Å². The van der Waals surface area contributed by atoms with Gasteiger partial charge < -0.3 is 50.4 Å². The van der Waals surface area contributed by atoms with Crippen molar-refractivity contribution in [3.8, 4) is 11.5 Å². The minimum Gasteiger partial charge on any atom is -0.507 e. The monoisotopic (exact) mass is 1070 g/mol. The molecule has 0 aliphatic carbocycles. The highest BCUT2D eigenvalue weighted by atomic mass is 28.3. The van der Waals surface area contributed by atoms with Gasteiger partial charge in [-0.25, -0.2) is 9.59 Å². The molecule has 0 unspecified atom stereocenters. The molecule has 2 aromatic rings. The Morgan fingerprint density at radius 1 is 0.671 bits per heavy atom. The van der Waals surface area contributed by atoms with Crippen LogP contribution in [0.5, 0.6) is 11.5 Å². The normalized spacial score (nSPS) is 16.8. The lowest BCUT2D eigenvalue weighted by Crippen LogP contribution is -2.41. The van der Waals surface area contributed by atoms with Gasteiger partial charge in [0.2, 0.25) is 11.8 Å².